The Balaban J connectivity index is 1.38. The maximum absolute atomic E-state index is 13.4. The van der Waals surface area contributed by atoms with Gasteiger partial charge in [-0.25, -0.2) is 13.6 Å². The van der Waals surface area contributed by atoms with Gasteiger partial charge in [0.1, 0.15) is 12.2 Å². The molecule has 0 radical (unpaired) electrons. The number of carbonyl (C=O) groups is 1. The molecular formula is C20H17F2NO5. The normalized spacial score (nSPS) is 26.7. The zero-order valence-electron chi connectivity index (χ0n) is 15.0. The predicted octanol–water partition coefficient (Wildman–Crippen LogP) is 2.80. The molecule has 1 aromatic carbocycles. The predicted molar refractivity (Wildman–Crippen MR) is 92.9 cm³/mol. The van der Waals surface area contributed by atoms with Crippen LogP contribution in [0.15, 0.2) is 39.5 Å². The van der Waals surface area contributed by atoms with Crippen molar-refractivity contribution in [2.45, 2.75) is 19.0 Å². The number of aryl methyl sites for hydroxylation is 1. The van der Waals surface area contributed by atoms with Gasteiger partial charge in [0.2, 0.25) is 0 Å². The summed E-state index contributed by atoms with van der Waals surface area (Å²) in [7, 11) is 0. The molecule has 146 valence electrons. The van der Waals surface area contributed by atoms with Gasteiger partial charge in [-0.05, 0) is 30.7 Å². The van der Waals surface area contributed by atoms with Gasteiger partial charge in [-0.1, -0.05) is 12.1 Å². The molecule has 2 aliphatic heterocycles. The summed E-state index contributed by atoms with van der Waals surface area (Å²) < 4.78 is 43.5. The molecule has 8 heteroatoms. The van der Waals surface area contributed by atoms with Gasteiger partial charge in [0.05, 0.1) is 11.8 Å². The highest BCUT2D eigenvalue weighted by Crippen LogP contribution is 2.59. The fraction of sp³-hybridized carbons (Fsp3) is 0.400. The second-order valence-corrected chi connectivity index (χ2v) is 7.46. The quantitative estimate of drug-likeness (QED) is 0.790. The number of benzene rings is 1. The first-order chi connectivity index (χ1) is 13.4. The Morgan fingerprint density at radius 3 is 2.54 bits per heavy atom. The van der Waals surface area contributed by atoms with Gasteiger partial charge in [-0.2, -0.15) is 0 Å². The summed E-state index contributed by atoms with van der Waals surface area (Å²) in [4.78, 5) is 26.5. The Morgan fingerprint density at radius 2 is 1.86 bits per heavy atom. The zero-order valence-corrected chi connectivity index (χ0v) is 15.0. The fourth-order valence-electron chi connectivity index (χ4n) is 4.04. The number of hydrogen-bond acceptors (Lipinski definition) is 5. The van der Waals surface area contributed by atoms with E-state index >= 15 is 0 Å². The summed E-state index contributed by atoms with van der Waals surface area (Å²) in [5.74, 6) is -3.44. The lowest BCUT2D eigenvalue weighted by Crippen LogP contribution is -2.37. The first kappa shape index (κ1) is 17.2. The van der Waals surface area contributed by atoms with Gasteiger partial charge in [-0.15, -0.1) is 0 Å². The topological polar surface area (TPSA) is 69.0 Å². The van der Waals surface area contributed by atoms with Crippen molar-refractivity contribution >= 4 is 5.91 Å². The van der Waals surface area contributed by atoms with Crippen LogP contribution in [0.5, 0.6) is 11.5 Å². The lowest BCUT2D eigenvalue weighted by Gasteiger charge is -2.26. The average molecular weight is 389 g/mol. The molecule has 28 heavy (non-hydrogen) atoms. The summed E-state index contributed by atoms with van der Waals surface area (Å²) in [6.07, 6.45) is -0.622. The van der Waals surface area contributed by atoms with Gasteiger partial charge < -0.3 is 18.8 Å². The SMILES string of the molecule is Cc1cc(C2COc3ccccc3O2)oc(=O)c1C(=O)N1CC2C(C1)C2(F)F. The zero-order chi connectivity index (χ0) is 19.6. The van der Waals surface area contributed by atoms with E-state index in [9.17, 15) is 18.4 Å². The van der Waals surface area contributed by atoms with Crippen LogP contribution in [0.2, 0.25) is 0 Å². The second-order valence-electron chi connectivity index (χ2n) is 7.46. The summed E-state index contributed by atoms with van der Waals surface area (Å²) in [6.45, 7) is 1.72. The Bertz CT molecular complexity index is 1020. The van der Waals surface area contributed by atoms with Crippen LogP contribution in [0.1, 0.15) is 27.8 Å². The summed E-state index contributed by atoms with van der Waals surface area (Å²) in [5.41, 5.74) is -0.494. The van der Waals surface area contributed by atoms with Gasteiger partial charge >= 0.3 is 5.63 Å². The van der Waals surface area contributed by atoms with E-state index in [4.69, 9.17) is 13.9 Å². The molecule has 0 spiro atoms. The molecule has 2 aromatic rings. The van der Waals surface area contributed by atoms with Gasteiger partial charge in [0.25, 0.3) is 11.8 Å². The van der Waals surface area contributed by atoms with Crippen LogP contribution in [0, 0.1) is 18.8 Å². The number of amides is 1. The van der Waals surface area contributed by atoms with Crippen molar-refractivity contribution in [3.63, 3.8) is 0 Å². The van der Waals surface area contributed by atoms with Crippen molar-refractivity contribution in [2.24, 2.45) is 11.8 Å². The van der Waals surface area contributed by atoms with E-state index in [1.807, 2.05) is 6.07 Å². The maximum atomic E-state index is 13.4. The Labute approximate surface area is 158 Å². The lowest BCUT2D eigenvalue weighted by atomic mass is 10.1. The van der Waals surface area contributed by atoms with Crippen LogP contribution >= 0.6 is 0 Å². The Hall–Kier alpha value is -2.90. The van der Waals surface area contributed by atoms with Crippen molar-refractivity contribution in [1.29, 1.82) is 0 Å². The van der Waals surface area contributed by atoms with E-state index in [1.165, 1.54) is 4.90 Å². The Morgan fingerprint density at radius 1 is 1.18 bits per heavy atom. The molecule has 0 N–H and O–H groups in total. The summed E-state index contributed by atoms with van der Waals surface area (Å²) in [6, 6.07) is 8.73. The number of carbonyl (C=O) groups excluding carboxylic acids is 1. The minimum absolute atomic E-state index is 0.0342. The highest BCUT2D eigenvalue weighted by Gasteiger charge is 2.72. The number of para-hydroxylation sites is 2. The van der Waals surface area contributed by atoms with Crippen molar-refractivity contribution in [3.05, 3.63) is 57.6 Å². The fourth-order valence-corrected chi connectivity index (χ4v) is 4.04. The van der Waals surface area contributed by atoms with Crippen LogP contribution in [-0.4, -0.2) is 36.4 Å². The van der Waals surface area contributed by atoms with E-state index in [1.54, 1.807) is 31.2 Å². The number of likely N-dealkylation sites (tertiary alicyclic amines) is 1. The number of halogens is 2. The molecule has 1 saturated carbocycles. The standard InChI is InChI=1S/C20H17F2NO5/c1-10-6-15(16-9-26-13-4-2-3-5-14(13)27-16)28-19(25)17(10)18(24)23-7-11-12(8-23)20(11,21)22/h2-6,11-12,16H,7-9H2,1H3. The third-order valence-electron chi connectivity index (χ3n) is 5.69. The van der Waals surface area contributed by atoms with E-state index < -0.39 is 35.4 Å². The van der Waals surface area contributed by atoms with Crippen LogP contribution < -0.4 is 15.1 Å². The summed E-state index contributed by atoms with van der Waals surface area (Å²) in [5, 5.41) is 0. The van der Waals surface area contributed by atoms with E-state index in [-0.39, 0.29) is 31.0 Å². The largest absolute Gasteiger partial charge is 0.485 e. The number of alkyl halides is 2. The smallest absolute Gasteiger partial charge is 0.349 e. The van der Waals surface area contributed by atoms with Crippen molar-refractivity contribution in [1.82, 2.24) is 4.90 Å². The first-order valence-corrected chi connectivity index (χ1v) is 9.06. The molecule has 3 unspecified atom stereocenters. The lowest BCUT2D eigenvalue weighted by molar-refractivity contribution is 0.0454. The minimum Gasteiger partial charge on any atom is -0.485 e. The average Bonchev–Trinajstić information content (AvgIpc) is 3.01. The van der Waals surface area contributed by atoms with E-state index in [2.05, 4.69) is 0 Å². The summed E-state index contributed by atoms with van der Waals surface area (Å²) >= 11 is 0. The van der Waals surface area contributed by atoms with Crippen molar-refractivity contribution in [3.8, 4) is 11.5 Å². The van der Waals surface area contributed by atoms with Crippen LogP contribution in [0.4, 0.5) is 8.78 Å². The second kappa shape index (κ2) is 5.80. The number of hydrogen-bond donors (Lipinski definition) is 0. The Kier molecular flexibility index (Phi) is 3.56. The number of ether oxygens (including phenoxy) is 2. The molecule has 2 fully saturated rings. The third kappa shape index (κ3) is 2.51. The first-order valence-electron chi connectivity index (χ1n) is 9.06. The van der Waals surface area contributed by atoms with Gasteiger partial charge in [-0.3, -0.25) is 4.79 Å². The molecule has 0 bridgehead atoms. The van der Waals surface area contributed by atoms with Crippen molar-refractivity contribution in [2.75, 3.05) is 19.7 Å². The molecule has 1 amide bonds. The van der Waals surface area contributed by atoms with Crippen LogP contribution in [0.25, 0.3) is 0 Å². The van der Waals surface area contributed by atoms with Crippen LogP contribution in [0.3, 0.4) is 0 Å². The van der Waals surface area contributed by atoms with Gasteiger partial charge in [0, 0.05) is 13.1 Å². The number of piperidine rings is 1. The highest BCUT2D eigenvalue weighted by atomic mass is 19.3. The minimum atomic E-state index is -2.69. The molecule has 3 heterocycles. The maximum Gasteiger partial charge on any atom is 0.349 e. The van der Waals surface area contributed by atoms with Crippen molar-refractivity contribution < 1.29 is 27.5 Å². The molecule has 5 rings (SSSR count). The molecule has 3 aliphatic rings. The van der Waals surface area contributed by atoms with E-state index in [0.717, 1.165) is 0 Å². The third-order valence-corrected chi connectivity index (χ3v) is 5.69. The monoisotopic (exact) mass is 389 g/mol. The molecule has 1 aromatic heterocycles. The molecule has 1 aliphatic carbocycles. The molecular weight excluding hydrogens is 372 g/mol. The highest BCUT2D eigenvalue weighted by molar-refractivity contribution is 5.95. The van der Waals surface area contributed by atoms with E-state index in [0.29, 0.717) is 17.1 Å². The number of fused-ring (bicyclic) bond motifs is 2. The number of rotatable bonds is 2. The molecule has 1 saturated heterocycles. The van der Waals surface area contributed by atoms with Crippen LogP contribution in [-0.2, 0) is 0 Å². The molecule has 6 nitrogen and oxygen atoms in total. The number of nitrogens with zero attached hydrogens (tertiary/aromatic N) is 1. The van der Waals surface area contributed by atoms with Gasteiger partial charge in [0.15, 0.2) is 23.4 Å². The molecule has 3 atom stereocenters.